The van der Waals surface area contributed by atoms with Gasteiger partial charge < -0.3 is 9.47 Å². The van der Waals surface area contributed by atoms with Crippen molar-refractivity contribution in [2.45, 2.75) is 23.8 Å². The van der Waals surface area contributed by atoms with E-state index in [1.54, 1.807) is 0 Å². The molecule has 2 rings (SSSR count). The van der Waals surface area contributed by atoms with E-state index in [1.165, 1.54) is 0 Å². The summed E-state index contributed by atoms with van der Waals surface area (Å²) in [7, 11) is 0.988. The summed E-state index contributed by atoms with van der Waals surface area (Å²) in [4.78, 5) is 11.4. The van der Waals surface area contributed by atoms with Crippen LogP contribution >= 0.6 is 22.3 Å². The lowest BCUT2D eigenvalue weighted by atomic mass is 10.1. The lowest BCUT2D eigenvalue weighted by Crippen LogP contribution is -2.26. The molecule has 21 heavy (non-hydrogen) atoms. The van der Waals surface area contributed by atoms with Gasteiger partial charge in [-0.2, -0.15) is 0 Å². The van der Waals surface area contributed by atoms with Crippen molar-refractivity contribution in [3.63, 3.8) is 0 Å². The zero-order chi connectivity index (χ0) is 15.6. The minimum atomic E-state index is -4.19. The molecule has 1 aromatic rings. The van der Waals surface area contributed by atoms with Gasteiger partial charge >= 0.3 is 5.97 Å². The molecule has 1 aliphatic heterocycles. The molecule has 5 nitrogen and oxygen atoms in total. The van der Waals surface area contributed by atoms with E-state index in [0.717, 1.165) is 12.1 Å². The van der Waals surface area contributed by atoms with Gasteiger partial charge in [-0.1, -0.05) is 11.6 Å². The smallest absolute Gasteiger partial charge is 0.341 e. The number of hydrogen-bond donors (Lipinski definition) is 0. The van der Waals surface area contributed by atoms with Gasteiger partial charge in [-0.15, -0.1) is 0 Å². The van der Waals surface area contributed by atoms with E-state index in [9.17, 15) is 17.6 Å². The van der Waals surface area contributed by atoms with Crippen molar-refractivity contribution in [2.75, 3.05) is 13.2 Å². The molecule has 1 fully saturated rings. The first-order valence-corrected chi connectivity index (χ1v) is 8.70. The fourth-order valence-electron chi connectivity index (χ4n) is 1.88. The fourth-order valence-corrected chi connectivity index (χ4v) is 3.39. The van der Waals surface area contributed by atoms with Crippen LogP contribution in [0.1, 0.15) is 23.2 Å². The highest BCUT2D eigenvalue weighted by atomic mass is 35.7. The predicted molar refractivity (Wildman–Crippen MR) is 73.7 cm³/mol. The molecule has 0 spiro atoms. The van der Waals surface area contributed by atoms with Crippen LogP contribution in [0.3, 0.4) is 0 Å². The number of ether oxygens (including phenoxy) is 2. The van der Waals surface area contributed by atoms with E-state index in [-0.39, 0.29) is 0 Å². The Bertz CT molecular complexity index is 656. The maximum Gasteiger partial charge on any atom is 0.341 e. The van der Waals surface area contributed by atoms with Gasteiger partial charge in [-0.05, 0) is 12.1 Å². The molecule has 0 amide bonds. The van der Waals surface area contributed by atoms with Crippen LogP contribution in [-0.2, 0) is 18.5 Å². The molecule has 0 N–H and O–H groups in total. The zero-order valence-electron chi connectivity index (χ0n) is 10.6. The summed E-state index contributed by atoms with van der Waals surface area (Å²) >= 11 is 5.61. The summed E-state index contributed by atoms with van der Waals surface area (Å²) in [5, 5.41) is -0.398. The van der Waals surface area contributed by atoms with Gasteiger partial charge in [0.25, 0.3) is 9.05 Å². The molecule has 0 bridgehead atoms. The van der Waals surface area contributed by atoms with E-state index in [0.29, 0.717) is 26.1 Å². The Labute approximate surface area is 130 Å². The van der Waals surface area contributed by atoms with Crippen molar-refractivity contribution >= 4 is 37.3 Å². The maximum absolute atomic E-state index is 13.8. The SMILES string of the molecule is O=C(OC1CCOCC1)c1cc(S(=O)(=O)Cl)c(Cl)cc1F. The summed E-state index contributed by atoms with van der Waals surface area (Å²) in [6.45, 7) is 0.894. The normalized spacial score (nSPS) is 16.7. The van der Waals surface area contributed by atoms with Crippen molar-refractivity contribution in [1.82, 2.24) is 0 Å². The zero-order valence-corrected chi connectivity index (χ0v) is 13.0. The molecule has 1 aliphatic rings. The van der Waals surface area contributed by atoms with Crippen LogP contribution < -0.4 is 0 Å². The molecule has 0 radical (unpaired) electrons. The van der Waals surface area contributed by atoms with Gasteiger partial charge in [0.15, 0.2) is 0 Å². The highest BCUT2D eigenvalue weighted by Crippen LogP contribution is 2.28. The van der Waals surface area contributed by atoms with Crippen LogP contribution in [-0.4, -0.2) is 33.7 Å². The second kappa shape index (κ2) is 6.48. The number of benzene rings is 1. The largest absolute Gasteiger partial charge is 0.459 e. The number of carbonyl (C=O) groups excluding carboxylic acids is 1. The molecule has 0 unspecified atom stereocenters. The molecule has 0 saturated carbocycles. The molecule has 0 aromatic heterocycles. The third-order valence-corrected chi connectivity index (χ3v) is 4.73. The van der Waals surface area contributed by atoms with E-state index < -0.39 is 42.4 Å². The Kier molecular flexibility index (Phi) is 5.08. The lowest BCUT2D eigenvalue weighted by molar-refractivity contribution is -0.0162. The summed E-state index contributed by atoms with van der Waals surface area (Å²) < 4.78 is 46.7. The fraction of sp³-hybridized carbons (Fsp3) is 0.417. The molecule has 116 valence electrons. The number of esters is 1. The minimum Gasteiger partial charge on any atom is -0.459 e. The third-order valence-electron chi connectivity index (χ3n) is 2.95. The summed E-state index contributed by atoms with van der Waals surface area (Å²) in [5.41, 5.74) is -0.523. The van der Waals surface area contributed by atoms with Crippen LogP contribution in [0.4, 0.5) is 4.39 Å². The Morgan fingerprint density at radius 1 is 1.33 bits per heavy atom. The van der Waals surface area contributed by atoms with Crippen LogP contribution in [0.15, 0.2) is 17.0 Å². The Balaban J connectivity index is 2.28. The molecule has 0 aliphatic carbocycles. The highest BCUT2D eigenvalue weighted by Gasteiger charge is 2.25. The molecule has 0 atom stereocenters. The second-order valence-electron chi connectivity index (χ2n) is 4.42. The molecular weight excluding hydrogens is 346 g/mol. The van der Waals surface area contributed by atoms with Crippen molar-refractivity contribution < 1.29 is 27.1 Å². The van der Waals surface area contributed by atoms with Gasteiger partial charge in [0.05, 0.1) is 23.8 Å². The van der Waals surface area contributed by atoms with Gasteiger partial charge in [-0.3, -0.25) is 0 Å². The van der Waals surface area contributed by atoms with Crippen LogP contribution in [0.5, 0.6) is 0 Å². The van der Waals surface area contributed by atoms with Gasteiger partial charge in [-0.25, -0.2) is 17.6 Å². The number of rotatable bonds is 3. The lowest BCUT2D eigenvalue weighted by Gasteiger charge is -2.22. The molecule has 1 aromatic carbocycles. The van der Waals surface area contributed by atoms with E-state index in [2.05, 4.69) is 0 Å². The molecule has 9 heteroatoms. The van der Waals surface area contributed by atoms with E-state index in [4.69, 9.17) is 31.8 Å². The first-order valence-electron chi connectivity index (χ1n) is 6.01. The van der Waals surface area contributed by atoms with Gasteiger partial charge in [0, 0.05) is 23.5 Å². The Morgan fingerprint density at radius 2 is 1.95 bits per heavy atom. The summed E-state index contributed by atoms with van der Waals surface area (Å²) in [6, 6.07) is 1.50. The number of halogens is 3. The monoisotopic (exact) mass is 356 g/mol. The van der Waals surface area contributed by atoms with Gasteiger partial charge in [0.2, 0.25) is 0 Å². The second-order valence-corrected chi connectivity index (χ2v) is 7.36. The minimum absolute atomic E-state index is 0.391. The summed E-state index contributed by atoms with van der Waals surface area (Å²) in [6.07, 6.45) is 0.612. The number of carbonyl (C=O) groups is 1. The maximum atomic E-state index is 13.8. The number of hydrogen-bond acceptors (Lipinski definition) is 5. The van der Waals surface area contributed by atoms with E-state index >= 15 is 0 Å². The summed E-state index contributed by atoms with van der Waals surface area (Å²) in [5.74, 6) is -1.93. The predicted octanol–water partition coefficient (Wildman–Crippen LogP) is 2.74. The Hall–Kier alpha value is -0.890. The van der Waals surface area contributed by atoms with Crippen molar-refractivity contribution in [2.24, 2.45) is 0 Å². The van der Waals surface area contributed by atoms with Crippen LogP contribution in [0.25, 0.3) is 0 Å². The topological polar surface area (TPSA) is 69.7 Å². The first kappa shape index (κ1) is 16.5. The first-order chi connectivity index (χ1) is 9.79. The third kappa shape index (κ3) is 4.06. The highest BCUT2D eigenvalue weighted by molar-refractivity contribution is 8.13. The van der Waals surface area contributed by atoms with Crippen molar-refractivity contribution in [1.29, 1.82) is 0 Å². The van der Waals surface area contributed by atoms with Crippen molar-refractivity contribution in [3.05, 3.63) is 28.5 Å². The molecular formula is C12H11Cl2FO5S. The molecule has 1 heterocycles. The molecule has 1 saturated heterocycles. The van der Waals surface area contributed by atoms with Crippen LogP contribution in [0.2, 0.25) is 5.02 Å². The average Bonchev–Trinajstić information content (AvgIpc) is 2.38. The quantitative estimate of drug-likeness (QED) is 0.615. The van der Waals surface area contributed by atoms with E-state index in [1.807, 2.05) is 0 Å². The van der Waals surface area contributed by atoms with Crippen LogP contribution in [0, 0.1) is 5.82 Å². The standard InChI is InChI=1S/C12H11Cl2FO5S/c13-9-6-10(15)8(5-11(9)21(14,17)18)12(16)20-7-1-3-19-4-2-7/h5-7H,1-4H2. The van der Waals surface area contributed by atoms with Crippen molar-refractivity contribution in [3.8, 4) is 0 Å². The average molecular weight is 357 g/mol. The Morgan fingerprint density at radius 3 is 2.52 bits per heavy atom. The van der Waals surface area contributed by atoms with Gasteiger partial charge in [0.1, 0.15) is 16.8 Å².